The number of hydrogen-bond donors (Lipinski definition) is 0. The minimum atomic E-state index is 0.558. The molecule has 2 aromatic rings. The quantitative estimate of drug-likeness (QED) is 0.840. The SMILES string of the molecule is C1=C(c2cnc(N3CCCC3)nc2)CC2CCC1N2Cc1ccccc1. The number of aromatic nitrogens is 2. The molecule has 2 atom stereocenters. The first-order valence-electron chi connectivity index (χ1n) is 9.94. The van der Waals surface area contributed by atoms with Gasteiger partial charge >= 0.3 is 0 Å². The van der Waals surface area contributed by atoms with Crippen LogP contribution in [0.2, 0.25) is 0 Å². The zero-order chi connectivity index (χ0) is 17.3. The average molecular weight is 346 g/mol. The maximum Gasteiger partial charge on any atom is 0.225 e. The summed E-state index contributed by atoms with van der Waals surface area (Å²) in [4.78, 5) is 14.3. The van der Waals surface area contributed by atoms with Crippen LogP contribution in [0.15, 0.2) is 48.8 Å². The van der Waals surface area contributed by atoms with Crippen molar-refractivity contribution in [3.05, 3.63) is 59.9 Å². The van der Waals surface area contributed by atoms with Crippen molar-refractivity contribution in [1.82, 2.24) is 14.9 Å². The van der Waals surface area contributed by atoms with Gasteiger partial charge in [-0.25, -0.2) is 9.97 Å². The van der Waals surface area contributed by atoms with E-state index in [9.17, 15) is 0 Å². The summed E-state index contributed by atoms with van der Waals surface area (Å²) in [6.45, 7) is 3.26. The van der Waals surface area contributed by atoms with Crippen LogP contribution >= 0.6 is 0 Å². The molecule has 0 amide bonds. The Kier molecular flexibility index (Phi) is 4.21. The molecule has 1 aromatic carbocycles. The molecule has 4 heteroatoms. The Morgan fingerprint density at radius 1 is 0.962 bits per heavy atom. The number of hydrogen-bond acceptors (Lipinski definition) is 4. The van der Waals surface area contributed by atoms with Gasteiger partial charge in [-0.1, -0.05) is 36.4 Å². The molecule has 2 fully saturated rings. The van der Waals surface area contributed by atoms with Crippen LogP contribution in [0.1, 0.15) is 43.2 Å². The molecule has 134 valence electrons. The Morgan fingerprint density at radius 3 is 2.46 bits per heavy atom. The second-order valence-electron chi connectivity index (χ2n) is 7.82. The molecule has 3 aliphatic rings. The highest BCUT2D eigenvalue weighted by atomic mass is 15.3. The molecule has 2 bridgehead atoms. The first-order valence-corrected chi connectivity index (χ1v) is 9.94. The van der Waals surface area contributed by atoms with E-state index in [4.69, 9.17) is 0 Å². The fourth-order valence-corrected chi connectivity index (χ4v) is 4.74. The van der Waals surface area contributed by atoms with Crippen molar-refractivity contribution in [2.24, 2.45) is 0 Å². The molecule has 2 unspecified atom stereocenters. The molecule has 5 rings (SSSR count). The predicted molar refractivity (Wildman–Crippen MR) is 105 cm³/mol. The molecular weight excluding hydrogens is 320 g/mol. The number of nitrogens with zero attached hydrogens (tertiary/aromatic N) is 4. The molecule has 26 heavy (non-hydrogen) atoms. The van der Waals surface area contributed by atoms with E-state index in [1.165, 1.54) is 42.4 Å². The summed E-state index contributed by atoms with van der Waals surface area (Å²) in [5, 5.41) is 0. The highest BCUT2D eigenvalue weighted by Crippen LogP contribution is 2.39. The lowest BCUT2D eigenvalue weighted by molar-refractivity contribution is 0.203. The van der Waals surface area contributed by atoms with E-state index in [-0.39, 0.29) is 0 Å². The third-order valence-electron chi connectivity index (χ3n) is 6.15. The van der Waals surface area contributed by atoms with Crippen molar-refractivity contribution in [1.29, 1.82) is 0 Å². The molecule has 2 saturated heterocycles. The maximum absolute atomic E-state index is 4.65. The van der Waals surface area contributed by atoms with Gasteiger partial charge in [-0.3, -0.25) is 4.90 Å². The smallest absolute Gasteiger partial charge is 0.225 e. The largest absolute Gasteiger partial charge is 0.341 e. The highest BCUT2D eigenvalue weighted by molar-refractivity contribution is 5.67. The standard InChI is InChI=1S/C22H26N4/c1-2-6-17(7-3-1)16-26-20-8-9-21(26)13-18(12-20)19-14-23-22(24-15-19)25-10-4-5-11-25/h1-3,6-7,12,14-15,20-21H,4-5,8-11,13,16H2. The summed E-state index contributed by atoms with van der Waals surface area (Å²) in [5.41, 5.74) is 4.07. The second-order valence-corrected chi connectivity index (χ2v) is 7.82. The van der Waals surface area contributed by atoms with Gasteiger partial charge in [0.15, 0.2) is 0 Å². The molecule has 4 heterocycles. The summed E-state index contributed by atoms with van der Waals surface area (Å²) < 4.78 is 0. The molecule has 1 aromatic heterocycles. The van der Waals surface area contributed by atoms with E-state index < -0.39 is 0 Å². The number of benzene rings is 1. The Hall–Kier alpha value is -2.20. The normalized spacial score (nSPS) is 25.5. The third kappa shape index (κ3) is 3.03. The Balaban J connectivity index is 1.33. The monoisotopic (exact) mass is 346 g/mol. The van der Waals surface area contributed by atoms with E-state index in [0.29, 0.717) is 12.1 Å². The van der Waals surface area contributed by atoms with E-state index in [0.717, 1.165) is 32.0 Å². The molecular formula is C22H26N4. The van der Waals surface area contributed by atoms with Gasteiger partial charge in [-0.05, 0) is 43.2 Å². The number of rotatable bonds is 4. The average Bonchev–Trinajstić information content (AvgIpc) is 3.29. The van der Waals surface area contributed by atoms with Gasteiger partial charge < -0.3 is 4.90 Å². The van der Waals surface area contributed by atoms with Crippen LogP contribution in [0.3, 0.4) is 0 Å². The van der Waals surface area contributed by atoms with E-state index >= 15 is 0 Å². The van der Waals surface area contributed by atoms with Gasteiger partial charge in [0.05, 0.1) is 0 Å². The van der Waals surface area contributed by atoms with Gasteiger partial charge in [0.1, 0.15) is 0 Å². The van der Waals surface area contributed by atoms with Crippen LogP contribution in [0.5, 0.6) is 0 Å². The van der Waals surface area contributed by atoms with Crippen molar-refractivity contribution >= 4 is 11.5 Å². The lowest BCUT2D eigenvalue weighted by Gasteiger charge is -2.34. The molecule has 0 aliphatic carbocycles. The molecule has 4 nitrogen and oxygen atoms in total. The Bertz CT molecular complexity index is 778. The second kappa shape index (κ2) is 6.84. The highest BCUT2D eigenvalue weighted by Gasteiger charge is 2.36. The van der Waals surface area contributed by atoms with E-state index in [1.54, 1.807) is 0 Å². The lowest BCUT2D eigenvalue weighted by atomic mass is 9.96. The molecule has 3 aliphatic heterocycles. The van der Waals surface area contributed by atoms with Crippen molar-refractivity contribution in [2.75, 3.05) is 18.0 Å². The van der Waals surface area contributed by atoms with Gasteiger partial charge in [0.25, 0.3) is 0 Å². The number of anilines is 1. The summed E-state index contributed by atoms with van der Waals surface area (Å²) >= 11 is 0. The molecule has 0 radical (unpaired) electrons. The van der Waals surface area contributed by atoms with Gasteiger partial charge in [0, 0.05) is 49.7 Å². The summed E-state index contributed by atoms with van der Waals surface area (Å²) in [7, 11) is 0. The van der Waals surface area contributed by atoms with Gasteiger partial charge in [-0.15, -0.1) is 0 Å². The maximum atomic E-state index is 4.65. The van der Waals surface area contributed by atoms with Crippen molar-refractivity contribution in [3.8, 4) is 0 Å². The predicted octanol–water partition coefficient (Wildman–Crippen LogP) is 3.90. The first kappa shape index (κ1) is 16.0. The zero-order valence-corrected chi connectivity index (χ0v) is 15.2. The molecule has 0 saturated carbocycles. The van der Waals surface area contributed by atoms with Crippen molar-refractivity contribution in [3.63, 3.8) is 0 Å². The van der Waals surface area contributed by atoms with Crippen LogP contribution in [0, 0.1) is 0 Å². The number of fused-ring (bicyclic) bond motifs is 2. The molecule has 0 spiro atoms. The fourth-order valence-electron chi connectivity index (χ4n) is 4.74. The van der Waals surface area contributed by atoms with Crippen LogP contribution in [0.25, 0.3) is 5.57 Å². The lowest BCUT2D eigenvalue weighted by Crippen LogP contribution is -2.37. The van der Waals surface area contributed by atoms with E-state index in [1.807, 2.05) is 12.4 Å². The van der Waals surface area contributed by atoms with Crippen LogP contribution in [-0.4, -0.2) is 40.0 Å². The van der Waals surface area contributed by atoms with Crippen molar-refractivity contribution < 1.29 is 0 Å². The Labute approximate surface area is 155 Å². The van der Waals surface area contributed by atoms with Crippen LogP contribution in [0.4, 0.5) is 5.95 Å². The third-order valence-corrected chi connectivity index (χ3v) is 6.15. The summed E-state index contributed by atoms with van der Waals surface area (Å²) in [6, 6.07) is 12.1. The van der Waals surface area contributed by atoms with Crippen LogP contribution < -0.4 is 4.90 Å². The van der Waals surface area contributed by atoms with Gasteiger partial charge in [-0.2, -0.15) is 0 Å². The zero-order valence-electron chi connectivity index (χ0n) is 15.2. The van der Waals surface area contributed by atoms with Gasteiger partial charge in [0.2, 0.25) is 5.95 Å². The minimum absolute atomic E-state index is 0.558. The molecule has 0 N–H and O–H groups in total. The van der Waals surface area contributed by atoms with Crippen molar-refractivity contribution in [2.45, 2.75) is 50.7 Å². The summed E-state index contributed by atoms with van der Waals surface area (Å²) in [5.74, 6) is 0.899. The van der Waals surface area contributed by atoms with Crippen LogP contribution in [-0.2, 0) is 6.54 Å². The minimum Gasteiger partial charge on any atom is -0.341 e. The topological polar surface area (TPSA) is 32.3 Å². The first-order chi connectivity index (χ1) is 12.9. The fraction of sp³-hybridized carbons (Fsp3) is 0.455. The summed E-state index contributed by atoms with van der Waals surface area (Å²) in [6.07, 6.45) is 12.8. The van der Waals surface area contributed by atoms with E-state index in [2.05, 4.69) is 56.2 Å². The Morgan fingerprint density at radius 2 is 1.73 bits per heavy atom.